The first-order valence-corrected chi connectivity index (χ1v) is 10.7. The van der Waals surface area contributed by atoms with Gasteiger partial charge in [0.15, 0.2) is 0 Å². The fraction of sp³-hybridized carbons (Fsp3) is 0.458. The van der Waals surface area contributed by atoms with E-state index in [1.54, 1.807) is 6.07 Å². The SMILES string of the molecule is NN(C(=O)C1CCNCC1)[C@@]1(CCc2cc(F)ccc2F)CCCc2c#cccc21. The Labute approximate surface area is 176 Å². The van der Waals surface area contributed by atoms with E-state index >= 15 is 0 Å². The number of nitrogens with one attached hydrogen (secondary N) is 1. The topological polar surface area (TPSA) is 58.4 Å². The van der Waals surface area contributed by atoms with Crippen molar-refractivity contribution in [2.24, 2.45) is 11.8 Å². The molecule has 2 aromatic carbocycles. The van der Waals surface area contributed by atoms with Crippen LogP contribution in [0.15, 0.2) is 30.3 Å². The number of benzene rings is 1. The van der Waals surface area contributed by atoms with Crippen LogP contribution in [0.3, 0.4) is 0 Å². The third-order valence-corrected chi connectivity index (χ3v) is 6.60. The Bertz CT molecular complexity index is 913. The highest BCUT2D eigenvalue weighted by molar-refractivity contribution is 5.79. The molecule has 1 aliphatic heterocycles. The molecule has 158 valence electrons. The number of nitrogens with two attached hydrogens (primary N) is 1. The molecule has 1 heterocycles. The highest BCUT2D eigenvalue weighted by atomic mass is 19.1. The quantitative estimate of drug-likeness (QED) is 0.450. The van der Waals surface area contributed by atoms with Gasteiger partial charge in [-0.3, -0.25) is 9.80 Å². The van der Waals surface area contributed by atoms with E-state index in [0.29, 0.717) is 18.4 Å². The molecule has 6 heteroatoms. The van der Waals surface area contributed by atoms with Crippen LogP contribution in [0.2, 0.25) is 0 Å². The van der Waals surface area contributed by atoms with E-state index in [1.807, 2.05) is 6.07 Å². The number of fused-ring (bicyclic) bond motifs is 1. The van der Waals surface area contributed by atoms with Gasteiger partial charge in [-0.15, -0.1) is 0 Å². The molecule has 0 unspecified atom stereocenters. The lowest BCUT2D eigenvalue weighted by Crippen LogP contribution is -2.57. The third-order valence-electron chi connectivity index (χ3n) is 6.60. The van der Waals surface area contributed by atoms with E-state index in [4.69, 9.17) is 5.84 Å². The monoisotopic (exact) mass is 411 g/mol. The summed E-state index contributed by atoms with van der Waals surface area (Å²) < 4.78 is 28.0. The van der Waals surface area contributed by atoms with Crippen LogP contribution >= 0.6 is 0 Å². The summed E-state index contributed by atoms with van der Waals surface area (Å²) in [6.45, 7) is 1.59. The molecule has 4 nitrogen and oxygen atoms in total. The van der Waals surface area contributed by atoms with E-state index in [-0.39, 0.29) is 18.2 Å². The van der Waals surface area contributed by atoms with Crippen LogP contribution in [-0.2, 0) is 23.2 Å². The maximum Gasteiger partial charge on any atom is 0.240 e. The summed E-state index contributed by atoms with van der Waals surface area (Å²) in [4.78, 5) is 13.4. The minimum absolute atomic E-state index is 0.0723. The van der Waals surface area contributed by atoms with Crippen molar-refractivity contribution < 1.29 is 13.6 Å². The molecular formula is C24H27F2N3O. The summed E-state index contributed by atoms with van der Waals surface area (Å²) >= 11 is 0. The zero-order chi connectivity index (χ0) is 21.1. The van der Waals surface area contributed by atoms with Gasteiger partial charge in [0.2, 0.25) is 5.91 Å². The van der Waals surface area contributed by atoms with Crippen molar-refractivity contribution in [1.29, 1.82) is 0 Å². The smallest absolute Gasteiger partial charge is 0.240 e. The Balaban J connectivity index is 1.68. The average molecular weight is 411 g/mol. The predicted octanol–water partition coefficient (Wildman–Crippen LogP) is 3.43. The lowest BCUT2D eigenvalue weighted by atomic mass is 9.73. The van der Waals surface area contributed by atoms with Crippen molar-refractivity contribution in [1.82, 2.24) is 10.3 Å². The minimum Gasteiger partial charge on any atom is -0.317 e. The lowest BCUT2D eigenvalue weighted by molar-refractivity contribution is -0.145. The van der Waals surface area contributed by atoms with Gasteiger partial charge in [0, 0.05) is 11.5 Å². The van der Waals surface area contributed by atoms with Crippen LogP contribution in [0.4, 0.5) is 8.78 Å². The zero-order valence-corrected chi connectivity index (χ0v) is 17.0. The number of hydrogen-bond acceptors (Lipinski definition) is 3. The number of hydrazine groups is 1. The maximum atomic E-state index is 14.3. The minimum atomic E-state index is -0.764. The Morgan fingerprint density at radius 2 is 2.07 bits per heavy atom. The Morgan fingerprint density at radius 1 is 1.27 bits per heavy atom. The summed E-state index contributed by atoms with van der Waals surface area (Å²) in [5.74, 6) is 5.47. The number of carbonyl (C=O) groups excluding carboxylic acids is 1. The summed E-state index contributed by atoms with van der Waals surface area (Å²) in [6, 6.07) is 13.4. The van der Waals surface area contributed by atoms with E-state index in [1.165, 1.54) is 11.1 Å². The van der Waals surface area contributed by atoms with E-state index in [9.17, 15) is 13.6 Å². The normalized spacial score (nSPS) is 21.6. The fourth-order valence-electron chi connectivity index (χ4n) is 4.93. The van der Waals surface area contributed by atoms with Crippen LogP contribution in [0.25, 0.3) is 0 Å². The van der Waals surface area contributed by atoms with E-state index < -0.39 is 17.2 Å². The Kier molecular flexibility index (Phi) is 6.03. The Morgan fingerprint density at radius 3 is 2.87 bits per heavy atom. The van der Waals surface area contributed by atoms with Gasteiger partial charge in [0.05, 0.1) is 5.54 Å². The molecule has 2 aliphatic rings. The number of carbonyl (C=O) groups is 1. The molecule has 1 fully saturated rings. The van der Waals surface area contributed by atoms with Crippen LogP contribution in [0, 0.1) is 29.7 Å². The van der Waals surface area contributed by atoms with Crippen molar-refractivity contribution in [3.63, 3.8) is 0 Å². The van der Waals surface area contributed by atoms with Crippen molar-refractivity contribution in [2.75, 3.05) is 13.1 Å². The van der Waals surface area contributed by atoms with Gasteiger partial charge in [0.25, 0.3) is 0 Å². The predicted molar refractivity (Wildman–Crippen MR) is 110 cm³/mol. The summed E-state index contributed by atoms with van der Waals surface area (Å²) in [6.07, 6.45) is 4.59. The summed E-state index contributed by atoms with van der Waals surface area (Å²) in [7, 11) is 0. The lowest BCUT2D eigenvalue weighted by Gasteiger charge is -2.46. The molecule has 0 spiro atoms. The highest BCUT2D eigenvalue weighted by Gasteiger charge is 2.44. The van der Waals surface area contributed by atoms with E-state index in [2.05, 4.69) is 17.4 Å². The highest BCUT2D eigenvalue weighted by Crippen LogP contribution is 2.43. The number of piperidine rings is 1. The van der Waals surface area contributed by atoms with Crippen LogP contribution in [-0.4, -0.2) is 24.0 Å². The largest absolute Gasteiger partial charge is 0.317 e. The molecule has 2 aromatic rings. The van der Waals surface area contributed by atoms with Crippen LogP contribution in [0.1, 0.15) is 48.8 Å². The van der Waals surface area contributed by atoms with Gasteiger partial charge in [-0.05, 0) is 99.5 Å². The van der Waals surface area contributed by atoms with E-state index in [0.717, 1.165) is 62.0 Å². The Hall–Kier alpha value is -2.49. The second-order valence-corrected chi connectivity index (χ2v) is 8.35. The number of halogens is 2. The van der Waals surface area contributed by atoms with Gasteiger partial charge < -0.3 is 5.32 Å². The van der Waals surface area contributed by atoms with Crippen molar-refractivity contribution in [2.45, 2.75) is 50.5 Å². The number of nitrogens with zero attached hydrogens (tertiary/aromatic N) is 1. The van der Waals surface area contributed by atoms with Gasteiger partial charge in [-0.2, -0.15) is 0 Å². The van der Waals surface area contributed by atoms with Gasteiger partial charge >= 0.3 is 0 Å². The molecule has 1 atom stereocenters. The van der Waals surface area contributed by atoms with Crippen molar-refractivity contribution in [3.8, 4) is 0 Å². The molecular weight excluding hydrogens is 384 g/mol. The van der Waals surface area contributed by atoms with Crippen LogP contribution in [0.5, 0.6) is 0 Å². The molecule has 0 aromatic heterocycles. The molecule has 3 N–H and O–H groups in total. The fourth-order valence-corrected chi connectivity index (χ4v) is 4.93. The second kappa shape index (κ2) is 8.71. The molecule has 0 bridgehead atoms. The standard InChI is InChI=1S/C24H27F2N3O/c25-20-7-8-22(26)19(16-20)9-13-24(12-3-5-17-4-1-2-6-21(17)24)29(27)23(30)18-10-14-28-15-11-18/h2,6-8,16,18,28H,3,5,9-15,27H2/t24-/m1/s1. The molecule has 0 saturated carbocycles. The number of rotatable bonds is 5. The zero-order valence-electron chi connectivity index (χ0n) is 17.0. The number of hydrogen-bond donors (Lipinski definition) is 2. The number of amides is 1. The van der Waals surface area contributed by atoms with Crippen molar-refractivity contribution >= 4 is 5.91 Å². The van der Waals surface area contributed by atoms with Gasteiger partial charge in [-0.25, -0.2) is 14.6 Å². The number of aryl methyl sites for hydroxylation is 1. The average Bonchev–Trinajstić information content (AvgIpc) is 2.79. The first-order chi connectivity index (χ1) is 14.5. The van der Waals surface area contributed by atoms with Crippen molar-refractivity contribution in [3.05, 3.63) is 70.8 Å². The first-order valence-electron chi connectivity index (χ1n) is 10.7. The third kappa shape index (κ3) is 3.92. The second-order valence-electron chi connectivity index (χ2n) is 8.35. The molecule has 1 amide bonds. The van der Waals surface area contributed by atoms with Gasteiger partial charge in [-0.1, -0.05) is 12.1 Å². The van der Waals surface area contributed by atoms with Crippen LogP contribution < -0.4 is 11.2 Å². The summed E-state index contributed by atoms with van der Waals surface area (Å²) in [5, 5.41) is 4.68. The molecule has 1 saturated heterocycles. The maximum absolute atomic E-state index is 14.3. The van der Waals surface area contributed by atoms with Gasteiger partial charge in [0.1, 0.15) is 11.6 Å². The molecule has 1 aliphatic carbocycles. The molecule has 0 radical (unpaired) electrons. The summed E-state index contributed by atoms with van der Waals surface area (Å²) in [5.41, 5.74) is 1.49. The molecule has 4 rings (SSSR count). The first kappa shape index (κ1) is 20.8. The molecule has 30 heavy (non-hydrogen) atoms.